The van der Waals surface area contributed by atoms with E-state index in [2.05, 4.69) is 30.4 Å². The molecule has 1 aliphatic rings. The molecular weight excluding hydrogens is 450 g/mol. The number of carbonyl (C=O) groups is 1. The molecular formula is C26H29N3O2S2. The van der Waals surface area contributed by atoms with E-state index in [4.69, 9.17) is 4.98 Å². The maximum absolute atomic E-state index is 13.5. The largest absolute Gasteiger partial charge is 0.325 e. The highest BCUT2D eigenvalue weighted by Crippen LogP contribution is 2.35. The second-order valence-electron chi connectivity index (χ2n) is 8.90. The number of nitrogens with one attached hydrogen (secondary N) is 1. The average Bonchev–Trinajstić information content (AvgIpc) is 3.09. The number of amides is 1. The molecule has 2 aromatic carbocycles. The lowest BCUT2D eigenvalue weighted by atomic mass is 10.1. The molecule has 1 atom stereocenters. The van der Waals surface area contributed by atoms with Gasteiger partial charge in [-0.3, -0.25) is 14.2 Å². The molecule has 0 saturated heterocycles. The summed E-state index contributed by atoms with van der Waals surface area (Å²) in [5.74, 6) is 0.0605. The predicted molar refractivity (Wildman–Crippen MR) is 138 cm³/mol. The lowest BCUT2D eigenvalue weighted by Crippen LogP contribution is -2.25. The Hall–Kier alpha value is -2.51. The summed E-state index contributed by atoms with van der Waals surface area (Å²) < 4.78 is 1.67. The van der Waals surface area contributed by atoms with Crippen LogP contribution in [-0.2, 0) is 11.2 Å². The van der Waals surface area contributed by atoms with Gasteiger partial charge in [-0.25, -0.2) is 4.98 Å². The van der Waals surface area contributed by atoms with Crippen LogP contribution in [0.1, 0.15) is 40.4 Å². The van der Waals surface area contributed by atoms with Gasteiger partial charge in [0.05, 0.1) is 22.0 Å². The summed E-state index contributed by atoms with van der Waals surface area (Å²) in [6.07, 6.45) is 0.768. The molecule has 1 N–H and O–H groups in total. The summed E-state index contributed by atoms with van der Waals surface area (Å²) in [5.41, 5.74) is 7.85. The summed E-state index contributed by atoms with van der Waals surface area (Å²) in [7, 11) is 0. The molecule has 1 unspecified atom stereocenters. The Morgan fingerprint density at radius 1 is 1.06 bits per heavy atom. The SMILES string of the molecule is Cc1cc(C)cc(-n2c(SCC(=O)Nc3c(C)cc(C)cc3C)nc3c(c2=O)SC(C)C3)c1. The van der Waals surface area contributed by atoms with Crippen LogP contribution in [0.25, 0.3) is 5.69 Å². The number of rotatable bonds is 5. The van der Waals surface area contributed by atoms with Crippen molar-refractivity contribution in [2.75, 3.05) is 11.1 Å². The molecule has 1 aliphatic heterocycles. The first-order valence-electron chi connectivity index (χ1n) is 11.0. The maximum Gasteiger partial charge on any atom is 0.272 e. The van der Waals surface area contributed by atoms with Crippen molar-refractivity contribution in [2.24, 2.45) is 0 Å². The molecule has 0 fully saturated rings. The molecule has 0 radical (unpaired) electrons. The van der Waals surface area contributed by atoms with Crippen molar-refractivity contribution in [3.63, 3.8) is 0 Å². The highest BCUT2D eigenvalue weighted by atomic mass is 32.2. The highest BCUT2D eigenvalue weighted by molar-refractivity contribution is 8.00. The zero-order valence-corrected chi connectivity index (χ0v) is 21.5. The molecule has 1 aromatic heterocycles. The predicted octanol–water partition coefficient (Wildman–Crippen LogP) is 5.54. The monoisotopic (exact) mass is 479 g/mol. The van der Waals surface area contributed by atoms with Crippen LogP contribution in [0, 0.1) is 34.6 Å². The van der Waals surface area contributed by atoms with Crippen LogP contribution < -0.4 is 10.9 Å². The molecule has 172 valence electrons. The van der Waals surface area contributed by atoms with Gasteiger partial charge in [-0.1, -0.05) is 42.4 Å². The third kappa shape index (κ3) is 5.04. The van der Waals surface area contributed by atoms with Crippen LogP contribution in [0.3, 0.4) is 0 Å². The number of carbonyl (C=O) groups excluding carboxylic acids is 1. The first-order valence-corrected chi connectivity index (χ1v) is 12.9. The van der Waals surface area contributed by atoms with Crippen molar-refractivity contribution in [1.29, 1.82) is 0 Å². The summed E-state index contributed by atoms with van der Waals surface area (Å²) in [6, 6.07) is 10.2. The topological polar surface area (TPSA) is 64.0 Å². The van der Waals surface area contributed by atoms with Crippen molar-refractivity contribution in [3.05, 3.63) is 74.2 Å². The van der Waals surface area contributed by atoms with E-state index in [1.807, 2.05) is 46.8 Å². The third-order valence-electron chi connectivity index (χ3n) is 5.62. The Morgan fingerprint density at radius 3 is 2.30 bits per heavy atom. The molecule has 2 heterocycles. The highest BCUT2D eigenvalue weighted by Gasteiger charge is 2.27. The minimum Gasteiger partial charge on any atom is -0.325 e. The number of benzene rings is 2. The van der Waals surface area contributed by atoms with Crippen LogP contribution in [-0.4, -0.2) is 26.5 Å². The fraction of sp³-hybridized carbons (Fsp3) is 0.346. The van der Waals surface area contributed by atoms with Crippen molar-refractivity contribution < 1.29 is 4.79 Å². The van der Waals surface area contributed by atoms with Gasteiger partial charge in [-0.15, -0.1) is 11.8 Å². The fourth-order valence-corrected chi connectivity index (χ4v) is 6.31. The smallest absolute Gasteiger partial charge is 0.272 e. The quantitative estimate of drug-likeness (QED) is 0.384. The standard InChI is InChI=1S/C26H29N3O2S2/c1-14-7-15(2)11-20(10-14)29-25(31)24-21(12-19(6)33-24)27-26(29)32-13-22(30)28-23-17(4)8-16(3)9-18(23)5/h7-11,19H,12-13H2,1-6H3,(H,28,30). The minimum atomic E-state index is -0.112. The van der Waals surface area contributed by atoms with E-state index < -0.39 is 0 Å². The number of thioether (sulfide) groups is 2. The minimum absolute atomic E-state index is 0.0486. The van der Waals surface area contributed by atoms with Gasteiger partial charge in [0.2, 0.25) is 5.91 Å². The molecule has 7 heteroatoms. The third-order valence-corrected chi connectivity index (χ3v) is 7.77. The van der Waals surface area contributed by atoms with Crippen LogP contribution in [0.15, 0.2) is 45.2 Å². The number of fused-ring (bicyclic) bond motifs is 1. The number of hydrogen-bond acceptors (Lipinski definition) is 5. The Kier molecular flexibility index (Phi) is 6.73. The van der Waals surface area contributed by atoms with E-state index in [9.17, 15) is 9.59 Å². The molecule has 33 heavy (non-hydrogen) atoms. The van der Waals surface area contributed by atoms with Gasteiger partial charge in [0, 0.05) is 17.4 Å². The molecule has 4 rings (SSSR count). The Balaban J connectivity index is 1.66. The number of nitrogens with zero attached hydrogens (tertiary/aromatic N) is 2. The number of anilines is 1. The Morgan fingerprint density at radius 2 is 1.67 bits per heavy atom. The van der Waals surface area contributed by atoms with Crippen LogP contribution in [0.4, 0.5) is 5.69 Å². The van der Waals surface area contributed by atoms with E-state index in [0.29, 0.717) is 10.4 Å². The van der Waals surface area contributed by atoms with Crippen molar-refractivity contribution in [1.82, 2.24) is 9.55 Å². The van der Waals surface area contributed by atoms with Crippen LogP contribution in [0.2, 0.25) is 0 Å². The van der Waals surface area contributed by atoms with Gasteiger partial charge in [0.25, 0.3) is 5.56 Å². The van der Waals surface area contributed by atoms with Crippen molar-refractivity contribution >= 4 is 35.1 Å². The second kappa shape index (κ2) is 9.39. The fourth-order valence-electron chi connectivity index (χ4n) is 4.39. The van der Waals surface area contributed by atoms with E-state index in [1.165, 1.54) is 17.3 Å². The summed E-state index contributed by atoms with van der Waals surface area (Å²) in [4.78, 5) is 31.9. The van der Waals surface area contributed by atoms with E-state index in [1.54, 1.807) is 16.3 Å². The molecule has 0 aliphatic carbocycles. The second-order valence-corrected chi connectivity index (χ2v) is 11.3. The van der Waals surface area contributed by atoms with E-state index in [-0.39, 0.29) is 17.2 Å². The average molecular weight is 480 g/mol. The zero-order chi connectivity index (χ0) is 23.9. The molecule has 3 aromatic rings. The lowest BCUT2D eigenvalue weighted by Gasteiger charge is -2.16. The van der Waals surface area contributed by atoms with Gasteiger partial charge in [0.1, 0.15) is 0 Å². The Labute approximate surface area is 203 Å². The molecule has 0 spiro atoms. The maximum atomic E-state index is 13.5. The molecule has 0 saturated carbocycles. The summed E-state index contributed by atoms with van der Waals surface area (Å²) >= 11 is 2.90. The van der Waals surface area contributed by atoms with Gasteiger partial charge in [0.15, 0.2) is 5.16 Å². The van der Waals surface area contributed by atoms with Crippen molar-refractivity contribution in [2.45, 2.75) is 63.3 Å². The number of aryl methyl sites for hydroxylation is 5. The Bertz CT molecular complexity index is 1270. The first kappa shape index (κ1) is 23.6. The molecule has 1 amide bonds. The van der Waals surface area contributed by atoms with E-state index in [0.717, 1.165) is 50.6 Å². The summed E-state index contributed by atoms with van der Waals surface area (Å²) in [6.45, 7) is 12.2. The van der Waals surface area contributed by atoms with Crippen molar-refractivity contribution in [3.8, 4) is 5.69 Å². The lowest BCUT2D eigenvalue weighted by molar-refractivity contribution is -0.113. The number of aromatic nitrogens is 2. The van der Waals surface area contributed by atoms with Gasteiger partial charge in [-0.05, 0) is 69.0 Å². The van der Waals surface area contributed by atoms with Gasteiger partial charge >= 0.3 is 0 Å². The normalized spacial score (nSPS) is 14.9. The molecule has 0 bridgehead atoms. The molecule has 5 nitrogen and oxygen atoms in total. The van der Waals surface area contributed by atoms with Crippen LogP contribution in [0.5, 0.6) is 0 Å². The van der Waals surface area contributed by atoms with Crippen LogP contribution >= 0.6 is 23.5 Å². The van der Waals surface area contributed by atoms with E-state index >= 15 is 0 Å². The first-order chi connectivity index (χ1) is 15.6. The zero-order valence-electron chi connectivity index (χ0n) is 19.9. The van der Waals surface area contributed by atoms with Gasteiger partial charge in [-0.2, -0.15) is 0 Å². The summed E-state index contributed by atoms with van der Waals surface area (Å²) in [5, 5.41) is 3.93. The van der Waals surface area contributed by atoms with Gasteiger partial charge < -0.3 is 5.32 Å². The number of hydrogen-bond donors (Lipinski definition) is 1.